The average molecular weight is 239 g/mol. The highest BCUT2D eigenvalue weighted by atomic mass is 16.5. The molecule has 1 atom stereocenters. The number of rotatable bonds is 3. The normalized spacial score (nSPS) is 24.2. The van der Waals surface area contributed by atoms with Gasteiger partial charge in [-0.2, -0.15) is 0 Å². The van der Waals surface area contributed by atoms with Crippen LogP contribution in [-0.4, -0.2) is 28.6 Å². The van der Waals surface area contributed by atoms with Crippen molar-refractivity contribution in [2.24, 2.45) is 0 Å². The minimum atomic E-state index is -1.26. The van der Waals surface area contributed by atoms with Crippen molar-refractivity contribution >= 4 is 11.8 Å². The monoisotopic (exact) mass is 239 g/mol. The molecule has 1 saturated heterocycles. The molecule has 6 nitrogen and oxygen atoms in total. The maximum absolute atomic E-state index is 11.7. The van der Waals surface area contributed by atoms with Crippen LogP contribution >= 0.6 is 0 Å². The summed E-state index contributed by atoms with van der Waals surface area (Å²) in [5, 5.41) is 16.6. The molecule has 0 radical (unpaired) electrons. The maximum atomic E-state index is 11.7. The van der Waals surface area contributed by atoms with Crippen molar-refractivity contribution in [2.45, 2.75) is 39.3 Å². The first-order chi connectivity index (χ1) is 8.01. The molecule has 1 aromatic rings. The Balaban J connectivity index is 2.46. The molecule has 1 aromatic heterocycles. The minimum Gasteiger partial charge on any atom is -0.369 e. The Bertz CT molecular complexity index is 439. The van der Waals surface area contributed by atoms with Gasteiger partial charge in [0.25, 0.3) is 0 Å². The molecule has 2 rings (SSSR count). The van der Waals surface area contributed by atoms with Crippen LogP contribution in [0.25, 0.3) is 0 Å². The van der Waals surface area contributed by atoms with E-state index in [1.807, 2.05) is 13.8 Å². The van der Waals surface area contributed by atoms with E-state index in [-0.39, 0.29) is 12.6 Å². The zero-order valence-corrected chi connectivity index (χ0v) is 10.3. The number of carbonyl (C=O) groups is 1. The van der Waals surface area contributed by atoms with Gasteiger partial charge in [0.1, 0.15) is 5.76 Å². The summed E-state index contributed by atoms with van der Waals surface area (Å²) in [6.45, 7) is 5.69. The van der Waals surface area contributed by atoms with Crippen LogP contribution in [0.15, 0.2) is 4.52 Å². The third kappa shape index (κ3) is 1.78. The van der Waals surface area contributed by atoms with Gasteiger partial charge in [-0.3, -0.25) is 0 Å². The number of β-amino-alcohol motifs (C(OH)–C–C–N with tert-alkyl or cyclic N) is 1. The van der Waals surface area contributed by atoms with Gasteiger partial charge in [0.2, 0.25) is 0 Å². The Morgan fingerprint density at radius 1 is 1.53 bits per heavy atom. The summed E-state index contributed by atoms with van der Waals surface area (Å²) in [5.41, 5.74) is -0.382. The first kappa shape index (κ1) is 11.9. The van der Waals surface area contributed by atoms with Gasteiger partial charge in [0, 0.05) is 12.0 Å². The molecular weight excluding hydrogens is 222 g/mol. The summed E-state index contributed by atoms with van der Waals surface area (Å²) in [5.74, 6) is 1.18. The molecule has 17 heavy (non-hydrogen) atoms. The van der Waals surface area contributed by atoms with Crippen molar-refractivity contribution in [3.05, 3.63) is 11.3 Å². The maximum Gasteiger partial charge on any atom is 0.325 e. The van der Waals surface area contributed by atoms with Gasteiger partial charge in [0.05, 0.1) is 6.54 Å². The highest BCUT2D eigenvalue weighted by Gasteiger charge is 2.43. The highest BCUT2D eigenvalue weighted by Crippen LogP contribution is 2.30. The molecule has 94 valence electrons. The quantitative estimate of drug-likeness (QED) is 0.826. The number of carbonyl (C=O) groups excluding carboxylic acids is 1. The number of aryl methyl sites for hydroxylation is 1. The number of aliphatic hydroxyl groups is 1. The average Bonchev–Trinajstić information content (AvgIpc) is 2.79. The lowest BCUT2D eigenvalue weighted by molar-refractivity contribution is 0.0846. The Hall–Kier alpha value is -1.56. The number of urea groups is 1. The fourth-order valence-corrected chi connectivity index (χ4v) is 2.09. The van der Waals surface area contributed by atoms with Crippen LogP contribution in [0.2, 0.25) is 0 Å². The van der Waals surface area contributed by atoms with Crippen molar-refractivity contribution in [3.63, 3.8) is 0 Å². The lowest BCUT2D eigenvalue weighted by atomic mass is 10.1. The zero-order chi connectivity index (χ0) is 12.6. The number of amides is 2. The summed E-state index contributed by atoms with van der Waals surface area (Å²) in [6, 6.07) is -0.347. The predicted octanol–water partition coefficient (Wildman–Crippen LogP) is 1.04. The highest BCUT2D eigenvalue weighted by molar-refractivity contribution is 5.95. The summed E-state index contributed by atoms with van der Waals surface area (Å²) >= 11 is 0. The van der Waals surface area contributed by atoms with E-state index in [2.05, 4.69) is 10.5 Å². The second-order valence-corrected chi connectivity index (χ2v) is 4.33. The topological polar surface area (TPSA) is 78.6 Å². The SMILES string of the molecule is CCc1onc(N2C(=O)NCC2(C)O)c1CC. The molecule has 2 N–H and O–H groups in total. The van der Waals surface area contributed by atoms with E-state index in [1.165, 1.54) is 4.90 Å². The molecule has 1 aliphatic heterocycles. The molecule has 0 bridgehead atoms. The van der Waals surface area contributed by atoms with Gasteiger partial charge >= 0.3 is 6.03 Å². The number of nitrogens with one attached hydrogen (secondary N) is 1. The predicted molar refractivity (Wildman–Crippen MR) is 61.8 cm³/mol. The summed E-state index contributed by atoms with van der Waals surface area (Å²) in [6.07, 6.45) is 1.43. The van der Waals surface area contributed by atoms with Crippen LogP contribution in [0.4, 0.5) is 10.6 Å². The van der Waals surface area contributed by atoms with Crippen molar-refractivity contribution < 1.29 is 14.4 Å². The number of nitrogens with zero attached hydrogens (tertiary/aromatic N) is 2. The second kappa shape index (κ2) is 4.03. The summed E-state index contributed by atoms with van der Waals surface area (Å²) in [4.78, 5) is 13.0. The smallest absolute Gasteiger partial charge is 0.325 e. The van der Waals surface area contributed by atoms with Gasteiger partial charge in [-0.05, 0) is 13.3 Å². The van der Waals surface area contributed by atoms with Crippen molar-refractivity contribution in [1.29, 1.82) is 0 Å². The molecule has 0 saturated carbocycles. The molecule has 2 heterocycles. The largest absolute Gasteiger partial charge is 0.369 e. The van der Waals surface area contributed by atoms with E-state index in [4.69, 9.17) is 4.52 Å². The fraction of sp³-hybridized carbons (Fsp3) is 0.636. The lowest BCUT2D eigenvalue weighted by Crippen LogP contribution is -2.45. The Kier molecular flexibility index (Phi) is 2.82. The molecule has 1 fully saturated rings. The molecular formula is C11H17N3O3. The van der Waals surface area contributed by atoms with Crippen LogP contribution in [-0.2, 0) is 12.8 Å². The van der Waals surface area contributed by atoms with Gasteiger partial charge < -0.3 is 14.9 Å². The van der Waals surface area contributed by atoms with E-state index < -0.39 is 5.72 Å². The number of aromatic nitrogens is 1. The van der Waals surface area contributed by atoms with E-state index in [0.29, 0.717) is 18.7 Å². The molecule has 6 heteroatoms. The van der Waals surface area contributed by atoms with E-state index in [0.717, 1.165) is 11.3 Å². The van der Waals surface area contributed by atoms with Gasteiger partial charge in [-0.15, -0.1) is 0 Å². The number of hydrogen-bond acceptors (Lipinski definition) is 4. The lowest BCUT2D eigenvalue weighted by Gasteiger charge is -2.26. The van der Waals surface area contributed by atoms with Crippen molar-refractivity contribution in [1.82, 2.24) is 10.5 Å². The third-order valence-corrected chi connectivity index (χ3v) is 2.99. The van der Waals surface area contributed by atoms with E-state index in [9.17, 15) is 9.90 Å². The van der Waals surface area contributed by atoms with Crippen LogP contribution in [0.5, 0.6) is 0 Å². The van der Waals surface area contributed by atoms with Gasteiger partial charge in [-0.1, -0.05) is 19.0 Å². The zero-order valence-electron chi connectivity index (χ0n) is 10.3. The van der Waals surface area contributed by atoms with Crippen LogP contribution in [0, 0.1) is 0 Å². The third-order valence-electron chi connectivity index (χ3n) is 2.99. The molecule has 1 aliphatic rings. The van der Waals surface area contributed by atoms with Crippen LogP contribution in [0.1, 0.15) is 32.1 Å². The van der Waals surface area contributed by atoms with Gasteiger partial charge in [-0.25, -0.2) is 9.69 Å². The summed E-state index contributed by atoms with van der Waals surface area (Å²) < 4.78 is 5.21. The van der Waals surface area contributed by atoms with E-state index in [1.54, 1.807) is 6.92 Å². The first-order valence-electron chi connectivity index (χ1n) is 5.79. The fourth-order valence-electron chi connectivity index (χ4n) is 2.09. The van der Waals surface area contributed by atoms with Crippen molar-refractivity contribution in [3.8, 4) is 0 Å². The number of hydrogen-bond donors (Lipinski definition) is 2. The van der Waals surface area contributed by atoms with Crippen LogP contribution in [0.3, 0.4) is 0 Å². The minimum absolute atomic E-state index is 0.184. The number of anilines is 1. The molecule has 1 unspecified atom stereocenters. The molecule has 0 aromatic carbocycles. The van der Waals surface area contributed by atoms with E-state index >= 15 is 0 Å². The summed E-state index contributed by atoms with van der Waals surface area (Å²) in [7, 11) is 0. The molecule has 0 aliphatic carbocycles. The Morgan fingerprint density at radius 2 is 2.24 bits per heavy atom. The molecule has 0 spiro atoms. The second-order valence-electron chi connectivity index (χ2n) is 4.33. The Labute approximate surface area is 99.6 Å². The standard InChI is InChI=1S/C11H17N3O3/c1-4-7-8(5-2)17-13-9(7)14-10(15)12-6-11(14,3)16/h16H,4-6H2,1-3H3,(H,12,15). The first-order valence-corrected chi connectivity index (χ1v) is 5.79. The van der Waals surface area contributed by atoms with Gasteiger partial charge in [0.15, 0.2) is 11.5 Å². The van der Waals surface area contributed by atoms with Crippen LogP contribution < -0.4 is 10.2 Å². The van der Waals surface area contributed by atoms with Crippen molar-refractivity contribution in [2.75, 3.05) is 11.4 Å². The Morgan fingerprint density at radius 3 is 2.71 bits per heavy atom. The molecule has 2 amide bonds.